The predicted octanol–water partition coefficient (Wildman–Crippen LogP) is 0.214. The van der Waals surface area contributed by atoms with E-state index in [1.165, 1.54) is 19.2 Å². The van der Waals surface area contributed by atoms with Crippen molar-refractivity contribution in [3.8, 4) is 0 Å². The van der Waals surface area contributed by atoms with Crippen LogP contribution >= 0.6 is 0 Å². The highest BCUT2D eigenvalue weighted by Gasteiger charge is 2.24. The van der Waals surface area contributed by atoms with Crippen LogP contribution in [0.4, 0.5) is 0 Å². The summed E-state index contributed by atoms with van der Waals surface area (Å²) in [4.78, 5) is 23.5. The Kier molecular flexibility index (Phi) is 3.28. The first-order valence-corrected chi connectivity index (χ1v) is 4.40. The summed E-state index contributed by atoms with van der Waals surface area (Å²) >= 11 is 0. The Morgan fingerprint density at radius 2 is 2.13 bits per heavy atom. The number of rotatable bonds is 2. The van der Waals surface area contributed by atoms with Crippen molar-refractivity contribution in [3.63, 3.8) is 0 Å². The lowest BCUT2D eigenvalue weighted by atomic mass is 10.2. The van der Waals surface area contributed by atoms with Crippen molar-refractivity contribution < 1.29 is 14.7 Å². The molecular formula is C10H12N2O3. The second-order valence-corrected chi connectivity index (χ2v) is 3.08. The third-order valence-electron chi connectivity index (χ3n) is 2.00. The maximum Gasteiger partial charge on any atom is 0.326 e. The highest BCUT2D eigenvalue weighted by molar-refractivity contribution is 5.96. The monoisotopic (exact) mass is 208 g/mol. The topological polar surface area (TPSA) is 83.6 Å². The molecule has 0 radical (unpaired) electrons. The van der Waals surface area contributed by atoms with Gasteiger partial charge in [-0.3, -0.25) is 9.69 Å². The maximum atomic E-state index is 11.6. The fraction of sp³-hybridized carbons (Fsp3) is 0.200. The van der Waals surface area contributed by atoms with E-state index in [4.69, 9.17) is 10.8 Å². The Bertz CT molecular complexity index is 369. The van der Waals surface area contributed by atoms with Crippen LogP contribution in [-0.4, -0.2) is 27.9 Å². The van der Waals surface area contributed by atoms with E-state index in [0.717, 1.165) is 4.90 Å². The SMILES string of the molecule is CC(C(=O)O)N1\C=C/C=C\C=C(\N)C1=O. The van der Waals surface area contributed by atoms with Crippen LogP contribution in [0.25, 0.3) is 0 Å². The highest BCUT2D eigenvalue weighted by Crippen LogP contribution is 2.07. The third-order valence-corrected chi connectivity index (χ3v) is 2.00. The van der Waals surface area contributed by atoms with E-state index in [1.807, 2.05) is 0 Å². The Morgan fingerprint density at radius 3 is 2.73 bits per heavy atom. The number of amides is 1. The van der Waals surface area contributed by atoms with Gasteiger partial charge in [0.2, 0.25) is 0 Å². The fourth-order valence-electron chi connectivity index (χ4n) is 1.08. The Morgan fingerprint density at radius 1 is 1.47 bits per heavy atom. The van der Waals surface area contributed by atoms with Gasteiger partial charge in [0.25, 0.3) is 5.91 Å². The molecule has 5 heteroatoms. The molecule has 0 saturated carbocycles. The van der Waals surface area contributed by atoms with Gasteiger partial charge in [0.05, 0.1) is 5.70 Å². The lowest BCUT2D eigenvalue weighted by Crippen LogP contribution is -2.41. The molecule has 0 aromatic carbocycles. The fourth-order valence-corrected chi connectivity index (χ4v) is 1.08. The molecule has 1 aliphatic heterocycles. The molecule has 0 aliphatic carbocycles. The van der Waals surface area contributed by atoms with Crippen molar-refractivity contribution in [1.29, 1.82) is 0 Å². The largest absolute Gasteiger partial charge is 0.480 e. The van der Waals surface area contributed by atoms with E-state index >= 15 is 0 Å². The van der Waals surface area contributed by atoms with E-state index < -0.39 is 17.9 Å². The van der Waals surface area contributed by atoms with Crippen LogP contribution in [0.3, 0.4) is 0 Å². The first-order valence-electron chi connectivity index (χ1n) is 4.40. The van der Waals surface area contributed by atoms with Crippen LogP contribution in [0.15, 0.2) is 36.2 Å². The van der Waals surface area contributed by atoms with E-state index in [9.17, 15) is 9.59 Å². The molecule has 5 nitrogen and oxygen atoms in total. The molecule has 1 unspecified atom stereocenters. The van der Waals surface area contributed by atoms with Crippen molar-refractivity contribution in [3.05, 3.63) is 36.2 Å². The molecule has 0 saturated heterocycles. The van der Waals surface area contributed by atoms with E-state index in [2.05, 4.69) is 0 Å². The van der Waals surface area contributed by atoms with Gasteiger partial charge in [-0.25, -0.2) is 4.79 Å². The molecule has 0 fully saturated rings. The zero-order valence-electron chi connectivity index (χ0n) is 8.25. The standard InChI is InChI=1S/C10H12N2O3/c1-7(10(14)15)12-6-4-2-3-5-8(11)9(12)13/h2-7H,11H2,1H3,(H,14,15)/b3-2-,6-4-,8-5+. The van der Waals surface area contributed by atoms with Gasteiger partial charge in [-0.2, -0.15) is 0 Å². The molecule has 0 spiro atoms. The first kappa shape index (κ1) is 11.0. The number of hydrogen-bond donors (Lipinski definition) is 2. The number of hydrogen-bond acceptors (Lipinski definition) is 3. The average molecular weight is 208 g/mol. The predicted molar refractivity (Wildman–Crippen MR) is 54.5 cm³/mol. The number of carboxylic acids is 1. The van der Waals surface area contributed by atoms with Gasteiger partial charge in [0.1, 0.15) is 6.04 Å². The number of nitrogens with zero attached hydrogens (tertiary/aromatic N) is 1. The molecule has 3 N–H and O–H groups in total. The summed E-state index contributed by atoms with van der Waals surface area (Å²) in [5.74, 6) is -1.59. The molecule has 0 bridgehead atoms. The number of carbonyl (C=O) groups is 2. The van der Waals surface area contributed by atoms with E-state index in [1.54, 1.807) is 18.2 Å². The lowest BCUT2D eigenvalue weighted by molar-refractivity contribution is -0.145. The molecule has 80 valence electrons. The summed E-state index contributed by atoms with van der Waals surface area (Å²) in [5.41, 5.74) is 5.49. The van der Waals surface area contributed by atoms with Crippen LogP contribution in [0.1, 0.15) is 6.92 Å². The number of nitrogens with two attached hydrogens (primary N) is 1. The molecule has 0 aromatic heterocycles. The number of allylic oxidation sites excluding steroid dienone is 4. The van der Waals surface area contributed by atoms with Gasteiger partial charge in [0, 0.05) is 6.20 Å². The van der Waals surface area contributed by atoms with Gasteiger partial charge >= 0.3 is 5.97 Å². The minimum atomic E-state index is -1.08. The minimum Gasteiger partial charge on any atom is -0.480 e. The van der Waals surface area contributed by atoms with Crippen molar-refractivity contribution >= 4 is 11.9 Å². The lowest BCUT2D eigenvalue weighted by Gasteiger charge is -2.22. The molecule has 1 amide bonds. The summed E-state index contributed by atoms with van der Waals surface area (Å²) < 4.78 is 0. The molecule has 0 aromatic rings. The van der Waals surface area contributed by atoms with E-state index in [0.29, 0.717) is 0 Å². The quantitative estimate of drug-likeness (QED) is 0.679. The third kappa shape index (κ3) is 2.46. The molecule has 1 heterocycles. The molecule has 1 rings (SSSR count). The average Bonchev–Trinajstić information content (AvgIpc) is 2.19. The van der Waals surface area contributed by atoms with Crippen LogP contribution in [0.2, 0.25) is 0 Å². The summed E-state index contributed by atoms with van der Waals surface area (Å²) in [7, 11) is 0. The van der Waals surface area contributed by atoms with Crippen LogP contribution in [0.5, 0.6) is 0 Å². The second-order valence-electron chi connectivity index (χ2n) is 3.08. The molecule has 1 atom stereocenters. The normalized spacial score (nSPS) is 25.8. The molecule has 1 aliphatic rings. The van der Waals surface area contributed by atoms with Gasteiger partial charge in [-0.1, -0.05) is 12.2 Å². The summed E-state index contributed by atoms with van der Waals surface area (Å²) in [5, 5.41) is 8.79. The van der Waals surface area contributed by atoms with Crippen LogP contribution in [0, 0.1) is 0 Å². The first-order chi connectivity index (χ1) is 7.04. The highest BCUT2D eigenvalue weighted by atomic mass is 16.4. The Hall–Kier alpha value is -2.04. The van der Waals surface area contributed by atoms with Gasteiger partial charge < -0.3 is 10.8 Å². The zero-order chi connectivity index (χ0) is 11.4. The van der Waals surface area contributed by atoms with Crippen molar-refractivity contribution in [2.75, 3.05) is 0 Å². The van der Waals surface area contributed by atoms with Crippen molar-refractivity contribution in [1.82, 2.24) is 4.90 Å². The molecule has 15 heavy (non-hydrogen) atoms. The van der Waals surface area contributed by atoms with Crippen molar-refractivity contribution in [2.24, 2.45) is 5.73 Å². The van der Waals surface area contributed by atoms with Crippen molar-refractivity contribution in [2.45, 2.75) is 13.0 Å². The summed E-state index contributed by atoms with van der Waals surface area (Å²) in [6.45, 7) is 1.42. The Labute approximate surface area is 87.2 Å². The smallest absolute Gasteiger partial charge is 0.326 e. The van der Waals surface area contributed by atoms with E-state index in [-0.39, 0.29) is 5.70 Å². The summed E-state index contributed by atoms with van der Waals surface area (Å²) in [6, 6.07) is -0.938. The number of carbonyl (C=O) groups excluding carboxylic acids is 1. The van der Waals surface area contributed by atoms with Crippen LogP contribution < -0.4 is 5.73 Å². The maximum absolute atomic E-state index is 11.6. The number of carboxylic acid groups (broad SMARTS) is 1. The summed E-state index contributed by atoms with van der Waals surface area (Å²) in [6.07, 6.45) is 7.71. The Balaban J connectivity index is 3.01. The van der Waals surface area contributed by atoms with Gasteiger partial charge in [-0.15, -0.1) is 0 Å². The van der Waals surface area contributed by atoms with Gasteiger partial charge in [-0.05, 0) is 19.1 Å². The van der Waals surface area contributed by atoms with Crippen LogP contribution in [-0.2, 0) is 9.59 Å². The molecular weight excluding hydrogens is 196 g/mol. The van der Waals surface area contributed by atoms with Gasteiger partial charge in [0.15, 0.2) is 0 Å². The number of aliphatic carboxylic acids is 1. The second kappa shape index (κ2) is 4.45. The zero-order valence-corrected chi connectivity index (χ0v) is 8.25. The minimum absolute atomic E-state index is 0.0173.